The Morgan fingerprint density at radius 2 is 0.691 bits per heavy atom. The maximum absolute atomic E-state index is 12.5. The molecule has 6 nitrogen and oxygen atoms in total. The van der Waals surface area contributed by atoms with Crippen molar-refractivity contribution in [2.24, 2.45) is 0 Å². The smallest absolute Gasteiger partial charge is 0.305 e. The predicted octanol–water partition coefficient (Wildman–Crippen LogP) is 19.0. The number of aliphatic hydroxyl groups is 2. The molecule has 0 saturated heterocycles. The number of esters is 1. The summed E-state index contributed by atoms with van der Waals surface area (Å²) < 4.78 is 5.48. The van der Waals surface area contributed by atoms with Gasteiger partial charge >= 0.3 is 5.97 Å². The summed E-state index contributed by atoms with van der Waals surface area (Å²) in [5, 5.41) is 23.3. The molecule has 68 heavy (non-hydrogen) atoms. The Labute approximate surface area is 424 Å². The van der Waals surface area contributed by atoms with E-state index in [-0.39, 0.29) is 18.5 Å². The molecule has 1 amide bonds. The Morgan fingerprint density at radius 1 is 0.397 bits per heavy atom. The van der Waals surface area contributed by atoms with Crippen molar-refractivity contribution in [1.82, 2.24) is 5.32 Å². The van der Waals surface area contributed by atoms with Crippen LogP contribution < -0.4 is 5.32 Å². The minimum Gasteiger partial charge on any atom is -0.466 e. The molecule has 0 aliphatic rings. The van der Waals surface area contributed by atoms with Crippen molar-refractivity contribution in [1.29, 1.82) is 0 Å². The lowest BCUT2D eigenvalue weighted by Gasteiger charge is -2.22. The average Bonchev–Trinajstić information content (AvgIpc) is 3.34. The molecule has 0 spiro atoms. The Kier molecular flexibility index (Phi) is 56.5. The van der Waals surface area contributed by atoms with Crippen LogP contribution in [0.2, 0.25) is 0 Å². The highest BCUT2D eigenvalue weighted by atomic mass is 16.5. The van der Waals surface area contributed by atoms with Crippen LogP contribution in [0.1, 0.15) is 335 Å². The molecule has 6 heteroatoms. The molecule has 0 heterocycles. The molecule has 402 valence electrons. The van der Waals surface area contributed by atoms with Gasteiger partial charge in [0.15, 0.2) is 0 Å². The first-order valence-electron chi connectivity index (χ1n) is 30.6. The zero-order valence-corrected chi connectivity index (χ0v) is 45.9. The van der Waals surface area contributed by atoms with Crippen LogP contribution in [0.3, 0.4) is 0 Å². The maximum atomic E-state index is 12.5. The molecule has 0 bridgehead atoms. The second-order valence-electron chi connectivity index (χ2n) is 21.0. The van der Waals surface area contributed by atoms with E-state index in [0.29, 0.717) is 25.9 Å². The molecule has 2 atom stereocenters. The van der Waals surface area contributed by atoms with Crippen LogP contribution >= 0.6 is 0 Å². The van der Waals surface area contributed by atoms with Gasteiger partial charge < -0.3 is 20.3 Å². The summed E-state index contributed by atoms with van der Waals surface area (Å²) in [4.78, 5) is 24.6. The Morgan fingerprint density at radius 3 is 1.04 bits per heavy atom. The van der Waals surface area contributed by atoms with Crippen LogP contribution in [0.25, 0.3) is 0 Å². The van der Waals surface area contributed by atoms with Crippen LogP contribution in [0.15, 0.2) is 24.3 Å². The highest BCUT2D eigenvalue weighted by Crippen LogP contribution is 2.17. The fourth-order valence-corrected chi connectivity index (χ4v) is 9.51. The van der Waals surface area contributed by atoms with E-state index in [9.17, 15) is 19.8 Å². The lowest BCUT2D eigenvalue weighted by atomic mass is 10.0. The van der Waals surface area contributed by atoms with Gasteiger partial charge in [0.1, 0.15) is 0 Å². The Balaban J connectivity index is 3.45. The van der Waals surface area contributed by atoms with Crippen LogP contribution in [0, 0.1) is 0 Å². The van der Waals surface area contributed by atoms with Crippen LogP contribution in [-0.2, 0) is 14.3 Å². The van der Waals surface area contributed by atoms with Crippen molar-refractivity contribution < 1.29 is 24.5 Å². The molecular formula is C62H119NO5. The van der Waals surface area contributed by atoms with Gasteiger partial charge in [-0.1, -0.05) is 269 Å². The zero-order chi connectivity index (χ0) is 49.3. The Bertz CT molecular complexity index is 1060. The Hall–Kier alpha value is -1.66. The van der Waals surface area contributed by atoms with Crippen molar-refractivity contribution >= 4 is 11.9 Å². The van der Waals surface area contributed by atoms with Crippen molar-refractivity contribution in [3.63, 3.8) is 0 Å². The molecule has 0 aromatic heterocycles. The molecule has 0 rings (SSSR count). The van der Waals surface area contributed by atoms with Gasteiger partial charge in [-0.3, -0.25) is 9.59 Å². The number of carbonyl (C=O) groups excluding carboxylic acids is 2. The van der Waals surface area contributed by atoms with Gasteiger partial charge in [-0.05, 0) is 77.0 Å². The van der Waals surface area contributed by atoms with Crippen LogP contribution in [0.4, 0.5) is 0 Å². The summed E-state index contributed by atoms with van der Waals surface area (Å²) in [7, 11) is 0. The van der Waals surface area contributed by atoms with Crippen LogP contribution in [0.5, 0.6) is 0 Å². The van der Waals surface area contributed by atoms with Gasteiger partial charge in [-0.25, -0.2) is 0 Å². The third-order valence-corrected chi connectivity index (χ3v) is 14.2. The lowest BCUT2D eigenvalue weighted by Crippen LogP contribution is -2.45. The highest BCUT2D eigenvalue weighted by Gasteiger charge is 2.20. The van der Waals surface area contributed by atoms with Crippen molar-refractivity contribution in [2.75, 3.05) is 13.2 Å². The minimum atomic E-state index is -0.675. The normalized spacial score (nSPS) is 12.7. The fraction of sp³-hybridized carbons (Fsp3) is 0.903. The van der Waals surface area contributed by atoms with E-state index >= 15 is 0 Å². The topological polar surface area (TPSA) is 95.9 Å². The monoisotopic (exact) mass is 958 g/mol. The molecule has 0 aromatic rings. The molecule has 0 aromatic carbocycles. The lowest BCUT2D eigenvalue weighted by molar-refractivity contribution is -0.143. The number of ether oxygens (including phenoxy) is 1. The van der Waals surface area contributed by atoms with Gasteiger partial charge in [0, 0.05) is 12.8 Å². The second-order valence-corrected chi connectivity index (χ2v) is 21.0. The quantitative estimate of drug-likeness (QED) is 0.0321. The second kappa shape index (κ2) is 57.9. The van der Waals surface area contributed by atoms with Gasteiger partial charge in [0.25, 0.3) is 0 Å². The minimum absolute atomic E-state index is 0.00986. The zero-order valence-electron chi connectivity index (χ0n) is 45.9. The first kappa shape index (κ1) is 66.3. The summed E-state index contributed by atoms with van der Waals surface area (Å²) >= 11 is 0. The fourth-order valence-electron chi connectivity index (χ4n) is 9.51. The summed E-state index contributed by atoms with van der Waals surface area (Å²) in [5.74, 6) is -0.0578. The van der Waals surface area contributed by atoms with Crippen molar-refractivity contribution in [2.45, 2.75) is 347 Å². The first-order valence-corrected chi connectivity index (χ1v) is 30.6. The van der Waals surface area contributed by atoms with Gasteiger partial charge in [0.2, 0.25) is 5.91 Å². The van der Waals surface area contributed by atoms with Gasteiger partial charge in [-0.2, -0.15) is 0 Å². The number of rotatable bonds is 57. The third kappa shape index (κ3) is 53.7. The molecular weight excluding hydrogens is 839 g/mol. The number of hydrogen-bond donors (Lipinski definition) is 3. The van der Waals surface area contributed by atoms with E-state index in [2.05, 4.69) is 43.5 Å². The van der Waals surface area contributed by atoms with Crippen molar-refractivity contribution in [3.05, 3.63) is 24.3 Å². The first-order chi connectivity index (χ1) is 33.5. The van der Waals surface area contributed by atoms with Crippen molar-refractivity contribution in [3.8, 4) is 0 Å². The molecule has 0 saturated carbocycles. The number of nitrogens with one attached hydrogen (secondary N) is 1. The summed E-state index contributed by atoms with van der Waals surface area (Å²) in [5.41, 5.74) is 0. The number of hydrogen-bond acceptors (Lipinski definition) is 5. The number of aliphatic hydroxyl groups excluding tert-OH is 2. The van der Waals surface area contributed by atoms with E-state index in [4.69, 9.17) is 4.74 Å². The van der Waals surface area contributed by atoms with Crippen LogP contribution in [-0.4, -0.2) is 47.4 Å². The molecule has 0 fully saturated rings. The average molecular weight is 959 g/mol. The predicted molar refractivity (Wildman–Crippen MR) is 296 cm³/mol. The van der Waals surface area contributed by atoms with E-state index < -0.39 is 12.1 Å². The van der Waals surface area contributed by atoms with E-state index in [1.54, 1.807) is 0 Å². The standard InChI is InChI=1S/C62H119NO5/c1-3-5-7-9-11-13-15-17-19-21-22-24-28-32-36-40-44-48-52-56-62(67)68-57-53-49-45-41-37-33-29-25-27-31-35-39-43-47-51-55-61(66)63-59(58-64)60(65)54-50-46-42-38-34-30-26-23-20-18-16-14-12-10-8-6-4-2/h17,19,29,33,59-60,64-65H,3-16,18,20-28,30-32,34-58H2,1-2H3,(H,63,66)/b19-17-,33-29-. The highest BCUT2D eigenvalue weighted by molar-refractivity contribution is 5.76. The molecule has 3 N–H and O–H groups in total. The largest absolute Gasteiger partial charge is 0.466 e. The summed E-state index contributed by atoms with van der Waals surface area (Å²) in [6, 6.07) is -0.553. The molecule has 2 unspecified atom stereocenters. The SMILES string of the molecule is CCCCCCCC/C=C\CCCCCCCCCCCC(=O)OCCCCCC/C=C\CCCCCCCCCC(=O)NC(CO)C(O)CCCCCCCCCCCCCCCCCCC. The third-order valence-electron chi connectivity index (χ3n) is 14.2. The number of carbonyl (C=O) groups is 2. The van der Waals surface area contributed by atoms with E-state index in [1.807, 2.05) is 0 Å². The molecule has 0 radical (unpaired) electrons. The number of allylic oxidation sites excluding steroid dienone is 4. The molecule has 0 aliphatic heterocycles. The van der Waals surface area contributed by atoms with E-state index in [1.165, 1.54) is 231 Å². The molecule has 0 aliphatic carbocycles. The maximum Gasteiger partial charge on any atom is 0.305 e. The number of unbranched alkanes of at least 4 members (excludes halogenated alkanes) is 42. The summed E-state index contributed by atoms with van der Waals surface area (Å²) in [6.45, 7) is 4.93. The van der Waals surface area contributed by atoms with Gasteiger partial charge in [-0.15, -0.1) is 0 Å². The number of amides is 1. The van der Waals surface area contributed by atoms with Gasteiger partial charge in [0.05, 0.1) is 25.4 Å². The van der Waals surface area contributed by atoms with E-state index in [0.717, 1.165) is 70.6 Å². The summed E-state index contributed by atoms with van der Waals surface area (Å²) in [6.07, 6.45) is 70.3.